The van der Waals surface area contributed by atoms with Crippen molar-refractivity contribution in [1.29, 1.82) is 0 Å². The van der Waals surface area contributed by atoms with Crippen LogP contribution in [0.1, 0.15) is 43.5 Å². The van der Waals surface area contributed by atoms with Gasteiger partial charge in [0.15, 0.2) is 0 Å². The van der Waals surface area contributed by atoms with Gasteiger partial charge in [-0.15, -0.1) is 0 Å². The van der Waals surface area contributed by atoms with Crippen LogP contribution in [-0.4, -0.2) is 48.6 Å². The van der Waals surface area contributed by atoms with E-state index in [1.165, 1.54) is 0 Å². The van der Waals surface area contributed by atoms with Gasteiger partial charge in [-0.1, -0.05) is 13.8 Å². The second-order valence-electron chi connectivity index (χ2n) is 6.66. The summed E-state index contributed by atoms with van der Waals surface area (Å²) in [7, 11) is 1.56. The summed E-state index contributed by atoms with van der Waals surface area (Å²) in [5, 5.41) is 14.4. The Kier molecular flexibility index (Phi) is 9.29. The number of carbonyl (C=O) groups is 3. The number of hydrogen-bond donors (Lipinski definition) is 4. The van der Waals surface area contributed by atoms with Crippen LogP contribution in [0.15, 0.2) is 24.3 Å². The van der Waals surface area contributed by atoms with Crippen molar-refractivity contribution in [2.75, 3.05) is 13.7 Å². The molecule has 0 radical (unpaired) electrons. The van der Waals surface area contributed by atoms with Crippen molar-refractivity contribution in [2.24, 2.45) is 11.7 Å². The van der Waals surface area contributed by atoms with Crippen molar-refractivity contribution in [3.05, 3.63) is 29.8 Å². The molecule has 0 aromatic heterocycles. The Morgan fingerprint density at radius 1 is 1.15 bits per heavy atom. The van der Waals surface area contributed by atoms with E-state index in [4.69, 9.17) is 15.6 Å². The van der Waals surface area contributed by atoms with E-state index in [1.807, 2.05) is 0 Å². The highest BCUT2D eigenvalue weighted by atomic mass is 16.5. The number of nitrogens with one attached hydrogen (secondary N) is 2. The van der Waals surface area contributed by atoms with Crippen LogP contribution in [0, 0.1) is 5.92 Å². The number of methoxy groups -OCH3 is 1. The molecule has 0 unspecified atom stereocenters. The molecule has 8 heteroatoms. The molecule has 0 spiro atoms. The maximum absolute atomic E-state index is 12.0. The number of carbonyl (C=O) groups excluding carboxylic acids is 2. The van der Waals surface area contributed by atoms with E-state index >= 15 is 0 Å². The normalized spacial score (nSPS) is 12.9. The van der Waals surface area contributed by atoms with Crippen LogP contribution in [-0.2, 0) is 9.59 Å². The van der Waals surface area contributed by atoms with Gasteiger partial charge in [-0.25, -0.2) is 4.79 Å². The number of ether oxygens (including phenoxy) is 1. The molecule has 2 atom stereocenters. The zero-order valence-corrected chi connectivity index (χ0v) is 16.0. The number of benzene rings is 1. The molecule has 0 heterocycles. The molecule has 2 amide bonds. The molecule has 5 N–H and O–H groups in total. The molecular formula is C19H29N3O5. The lowest BCUT2D eigenvalue weighted by Gasteiger charge is -2.20. The second kappa shape index (κ2) is 11.2. The van der Waals surface area contributed by atoms with E-state index in [0.29, 0.717) is 37.1 Å². The van der Waals surface area contributed by atoms with Crippen LogP contribution < -0.4 is 21.1 Å². The van der Waals surface area contributed by atoms with E-state index in [2.05, 4.69) is 10.6 Å². The van der Waals surface area contributed by atoms with Gasteiger partial charge < -0.3 is 26.2 Å². The van der Waals surface area contributed by atoms with Crippen LogP contribution >= 0.6 is 0 Å². The average molecular weight is 379 g/mol. The van der Waals surface area contributed by atoms with Crippen LogP contribution in [0.25, 0.3) is 0 Å². The monoisotopic (exact) mass is 379 g/mol. The number of amides is 2. The summed E-state index contributed by atoms with van der Waals surface area (Å²) in [5.74, 6) is -1.28. The number of aliphatic carboxylic acids is 1. The summed E-state index contributed by atoms with van der Waals surface area (Å²) < 4.78 is 5.04. The van der Waals surface area contributed by atoms with Crippen molar-refractivity contribution >= 4 is 17.8 Å². The summed E-state index contributed by atoms with van der Waals surface area (Å²) in [6, 6.07) is 5.07. The Morgan fingerprint density at radius 3 is 2.30 bits per heavy atom. The Hall–Kier alpha value is -2.61. The highest BCUT2D eigenvalue weighted by Crippen LogP contribution is 2.11. The van der Waals surface area contributed by atoms with Gasteiger partial charge in [0.25, 0.3) is 5.91 Å². The van der Waals surface area contributed by atoms with Crippen LogP contribution in [0.5, 0.6) is 5.75 Å². The van der Waals surface area contributed by atoms with Crippen LogP contribution in [0.3, 0.4) is 0 Å². The molecule has 0 bridgehead atoms. The van der Waals surface area contributed by atoms with Gasteiger partial charge in [-0.05, 0) is 49.4 Å². The first-order valence-electron chi connectivity index (χ1n) is 8.97. The predicted octanol–water partition coefficient (Wildman–Crippen LogP) is 1.15. The van der Waals surface area contributed by atoms with Gasteiger partial charge in [0, 0.05) is 12.1 Å². The standard InChI is InChI=1S/C19H29N3O5/c1-12(2)16(19(25)26)22-18(24)15(20)6-4-5-11-21-17(23)13-7-9-14(27-3)10-8-13/h7-10,12,15-16H,4-6,11,20H2,1-3H3,(H,21,23)(H,22,24)(H,25,26)/t15-,16+/m1/s1. The lowest BCUT2D eigenvalue weighted by Crippen LogP contribution is -2.50. The van der Waals surface area contributed by atoms with Gasteiger partial charge in [0.2, 0.25) is 5.91 Å². The fraction of sp³-hybridized carbons (Fsp3) is 0.526. The molecule has 8 nitrogen and oxygen atoms in total. The smallest absolute Gasteiger partial charge is 0.326 e. The molecule has 0 saturated heterocycles. The average Bonchev–Trinajstić information content (AvgIpc) is 2.64. The SMILES string of the molecule is COc1ccc(C(=O)NCCCC[C@@H](N)C(=O)N[C@H](C(=O)O)C(C)C)cc1. The third-order valence-corrected chi connectivity index (χ3v) is 4.15. The van der Waals surface area contributed by atoms with Crippen molar-refractivity contribution in [3.63, 3.8) is 0 Å². The van der Waals surface area contributed by atoms with Gasteiger partial charge >= 0.3 is 5.97 Å². The van der Waals surface area contributed by atoms with E-state index < -0.39 is 24.0 Å². The molecule has 0 saturated carbocycles. The number of carboxylic acid groups (broad SMARTS) is 1. The van der Waals surface area contributed by atoms with Crippen molar-refractivity contribution < 1.29 is 24.2 Å². The number of nitrogens with two attached hydrogens (primary N) is 1. The van der Waals surface area contributed by atoms with Gasteiger partial charge in [-0.2, -0.15) is 0 Å². The van der Waals surface area contributed by atoms with Crippen LogP contribution in [0.2, 0.25) is 0 Å². The summed E-state index contributed by atoms with van der Waals surface area (Å²) in [6.07, 6.45) is 1.71. The first kappa shape index (κ1) is 22.4. The summed E-state index contributed by atoms with van der Waals surface area (Å²) in [6.45, 7) is 3.90. The minimum Gasteiger partial charge on any atom is -0.497 e. The Labute approximate surface area is 159 Å². The van der Waals surface area contributed by atoms with Gasteiger partial charge in [0.05, 0.1) is 13.2 Å². The van der Waals surface area contributed by atoms with Gasteiger partial charge in [0.1, 0.15) is 11.8 Å². The first-order chi connectivity index (χ1) is 12.8. The number of rotatable bonds is 11. The van der Waals surface area contributed by atoms with Gasteiger partial charge in [-0.3, -0.25) is 9.59 Å². The Balaban J connectivity index is 2.29. The molecule has 0 aliphatic heterocycles. The summed E-state index contributed by atoms with van der Waals surface area (Å²) >= 11 is 0. The molecule has 150 valence electrons. The highest BCUT2D eigenvalue weighted by molar-refractivity contribution is 5.94. The third kappa shape index (κ3) is 7.65. The lowest BCUT2D eigenvalue weighted by molar-refractivity contribution is -0.143. The first-order valence-corrected chi connectivity index (χ1v) is 8.97. The zero-order valence-electron chi connectivity index (χ0n) is 16.0. The molecule has 0 aliphatic rings. The molecule has 27 heavy (non-hydrogen) atoms. The number of carboxylic acids is 1. The molecule has 0 aliphatic carbocycles. The third-order valence-electron chi connectivity index (χ3n) is 4.15. The largest absolute Gasteiger partial charge is 0.497 e. The Morgan fingerprint density at radius 2 is 1.78 bits per heavy atom. The minimum atomic E-state index is -1.08. The predicted molar refractivity (Wildman–Crippen MR) is 102 cm³/mol. The van der Waals surface area contributed by atoms with Crippen molar-refractivity contribution in [1.82, 2.24) is 10.6 Å². The quantitative estimate of drug-likeness (QED) is 0.427. The van der Waals surface area contributed by atoms with E-state index in [0.717, 1.165) is 0 Å². The van der Waals surface area contributed by atoms with E-state index in [-0.39, 0.29) is 11.8 Å². The minimum absolute atomic E-state index is 0.180. The topological polar surface area (TPSA) is 131 Å². The fourth-order valence-electron chi connectivity index (χ4n) is 2.44. The number of hydrogen-bond acceptors (Lipinski definition) is 5. The van der Waals surface area contributed by atoms with Crippen molar-refractivity contribution in [3.8, 4) is 5.75 Å². The molecule has 1 rings (SSSR count). The molecule has 1 aromatic carbocycles. The number of unbranched alkanes of at least 4 members (excludes halogenated alkanes) is 1. The van der Waals surface area contributed by atoms with E-state index in [9.17, 15) is 14.4 Å². The Bertz CT molecular complexity index is 631. The summed E-state index contributed by atoms with van der Waals surface area (Å²) in [4.78, 5) is 35.1. The maximum Gasteiger partial charge on any atom is 0.326 e. The summed E-state index contributed by atoms with van der Waals surface area (Å²) in [5.41, 5.74) is 6.36. The second-order valence-corrected chi connectivity index (χ2v) is 6.66. The highest BCUT2D eigenvalue weighted by Gasteiger charge is 2.25. The molecular weight excluding hydrogens is 350 g/mol. The maximum atomic E-state index is 12.0. The molecule has 0 fully saturated rings. The van der Waals surface area contributed by atoms with Crippen LogP contribution in [0.4, 0.5) is 0 Å². The molecule has 1 aromatic rings. The zero-order chi connectivity index (χ0) is 20.4. The lowest BCUT2D eigenvalue weighted by atomic mass is 10.0. The van der Waals surface area contributed by atoms with E-state index in [1.54, 1.807) is 45.2 Å². The fourth-order valence-corrected chi connectivity index (χ4v) is 2.44. The van der Waals surface area contributed by atoms with Crippen molar-refractivity contribution in [2.45, 2.75) is 45.2 Å².